The van der Waals surface area contributed by atoms with Crippen molar-refractivity contribution in [1.82, 2.24) is 0 Å². The van der Waals surface area contributed by atoms with Crippen molar-refractivity contribution in [2.45, 2.75) is 206 Å². The van der Waals surface area contributed by atoms with Gasteiger partial charge in [0, 0.05) is 13.0 Å². The Balaban J connectivity index is 4.01. The molecule has 0 aromatic heterocycles. The lowest BCUT2D eigenvalue weighted by Crippen LogP contribution is -2.37. The second kappa shape index (κ2) is 38.8. The van der Waals surface area contributed by atoms with Crippen LogP contribution in [0.3, 0.4) is 0 Å². The molecular formula is C45H89NO7P+. The third-order valence-electron chi connectivity index (χ3n) is 9.77. The number of esters is 1. The zero-order chi connectivity index (χ0) is 39.9. The fourth-order valence-electron chi connectivity index (χ4n) is 6.23. The van der Waals surface area contributed by atoms with E-state index in [9.17, 15) is 14.3 Å². The van der Waals surface area contributed by atoms with Crippen LogP contribution in [0.5, 0.6) is 0 Å². The first kappa shape index (κ1) is 53.0. The van der Waals surface area contributed by atoms with Crippen LogP contribution < -0.4 is 0 Å². The number of carbonyl (C=O) groups is 1. The number of likely N-dealkylation sites (N-methyl/N-ethyl adjacent to an activating group) is 1. The van der Waals surface area contributed by atoms with E-state index in [-0.39, 0.29) is 25.8 Å². The van der Waals surface area contributed by atoms with E-state index in [1.165, 1.54) is 141 Å². The van der Waals surface area contributed by atoms with Gasteiger partial charge in [-0.3, -0.25) is 13.8 Å². The van der Waals surface area contributed by atoms with Crippen LogP contribution in [0.15, 0.2) is 24.3 Å². The largest absolute Gasteiger partial charge is 0.472 e. The van der Waals surface area contributed by atoms with Gasteiger partial charge in [0.25, 0.3) is 0 Å². The van der Waals surface area contributed by atoms with Crippen molar-refractivity contribution in [3.63, 3.8) is 0 Å². The van der Waals surface area contributed by atoms with Crippen LogP contribution in [0.2, 0.25) is 0 Å². The smallest absolute Gasteiger partial charge is 0.457 e. The Labute approximate surface area is 334 Å². The Hall–Kier alpha value is -1.02. The third-order valence-corrected chi connectivity index (χ3v) is 10.7. The van der Waals surface area contributed by atoms with Crippen molar-refractivity contribution in [3.05, 3.63) is 24.3 Å². The summed E-state index contributed by atoms with van der Waals surface area (Å²) in [5.74, 6) is -0.317. The molecule has 0 amide bonds. The van der Waals surface area contributed by atoms with E-state index in [0.717, 1.165) is 38.5 Å². The van der Waals surface area contributed by atoms with Crippen molar-refractivity contribution in [3.8, 4) is 0 Å². The molecule has 54 heavy (non-hydrogen) atoms. The zero-order valence-electron chi connectivity index (χ0n) is 36.2. The van der Waals surface area contributed by atoms with E-state index < -0.39 is 13.9 Å². The van der Waals surface area contributed by atoms with Crippen molar-refractivity contribution >= 4 is 13.8 Å². The van der Waals surface area contributed by atoms with Crippen LogP contribution in [0.25, 0.3) is 0 Å². The third kappa shape index (κ3) is 42.1. The van der Waals surface area contributed by atoms with Gasteiger partial charge in [0.1, 0.15) is 19.3 Å². The van der Waals surface area contributed by atoms with Crippen LogP contribution in [-0.4, -0.2) is 75.6 Å². The van der Waals surface area contributed by atoms with Gasteiger partial charge in [-0.05, 0) is 44.9 Å². The second-order valence-electron chi connectivity index (χ2n) is 16.4. The number of phosphoric ester groups is 1. The molecule has 0 aliphatic carbocycles. The molecule has 0 rings (SSSR count). The molecule has 0 saturated carbocycles. The van der Waals surface area contributed by atoms with Crippen molar-refractivity contribution in [1.29, 1.82) is 0 Å². The van der Waals surface area contributed by atoms with E-state index in [4.69, 9.17) is 18.5 Å². The maximum Gasteiger partial charge on any atom is 0.472 e. The quantitative estimate of drug-likeness (QED) is 0.0217. The van der Waals surface area contributed by atoms with Gasteiger partial charge in [-0.1, -0.05) is 173 Å². The number of ether oxygens (including phenoxy) is 2. The van der Waals surface area contributed by atoms with Crippen molar-refractivity contribution < 1.29 is 37.3 Å². The summed E-state index contributed by atoms with van der Waals surface area (Å²) in [5, 5.41) is 0. The highest BCUT2D eigenvalue weighted by Crippen LogP contribution is 2.43. The molecule has 0 saturated heterocycles. The predicted molar refractivity (Wildman–Crippen MR) is 229 cm³/mol. The topological polar surface area (TPSA) is 91.3 Å². The number of quaternary nitrogens is 1. The average Bonchev–Trinajstić information content (AvgIpc) is 3.12. The molecule has 1 N–H and O–H groups in total. The van der Waals surface area contributed by atoms with Crippen LogP contribution >= 0.6 is 7.82 Å². The van der Waals surface area contributed by atoms with Gasteiger partial charge in [-0.2, -0.15) is 0 Å². The van der Waals surface area contributed by atoms with Crippen LogP contribution in [-0.2, 0) is 27.9 Å². The summed E-state index contributed by atoms with van der Waals surface area (Å²) in [6.45, 7) is 5.60. The first-order valence-electron chi connectivity index (χ1n) is 22.6. The van der Waals surface area contributed by atoms with Crippen LogP contribution in [0, 0.1) is 0 Å². The predicted octanol–water partition coefficient (Wildman–Crippen LogP) is 13.2. The number of carbonyl (C=O) groups excluding carboxylic acids is 1. The minimum atomic E-state index is -4.26. The number of hydrogen-bond donors (Lipinski definition) is 1. The Kier molecular flexibility index (Phi) is 38.1. The minimum Gasteiger partial charge on any atom is -0.457 e. The van der Waals surface area contributed by atoms with E-state index >= 15 is 0 Å². The SMILES string of the molecule is CCCCCCC/C=C\C/C=C\CCCCCCCCCCCCCCOCC(COP(=O)(O)OCC[N+](C)(C)C)OC(=O)CCCCCCCCCC. The molecule has 9 heteroatoms. The van der Waals surface area contributed by atoms with Crippen molar-refractivity contribution in [2.24, 2.45) is 0 Å². The molecule has 0 heterocycles. The highest BCUT2D eigenvalue weighted by Gasteiger charge is 2.26. The summed E-state index contributed by atoms with van der Waals surface area (Å²) in [5.41, 5.74) is 0. The molecule has 0 bridgehead atoms. The normalized spacial score (nSPS) is 14.0. The van der Waals surface area contributed by atoms with Gasteiger partial charge >= 0.3 is 13.8 Å². The monoisotopic (exact) mass is 787 g/mol. The van der Waals surface area contributed by atoms with Gasteiger partial charge in [-0.25, -0.2) is 4.57 Å². The van der Waals surface area contributed by atoms with E-state index in [0.29, 0.717) is 24.1 Å². The molecule has 2 unspecified atom stereocenters. The Morgan fingerprint density at radius 3 is 1.50 bits per heavy atom. The number of rotatable bonds is 42. The standard InChI is InChI=1S/C45H88NO7P/c1-6-8-10-12-14-16-17-18-19-20-21-22-23-24-25-26-27-28-29-30-31-33-35-37-40-50-42-44(43-52-54(48,49)51-41-39-46(3,4)5)53-45(47)38-36-34-32-15-13-11-9-7-2/h17-18,20-21,44H,6-16,19,22-43H2,1-5H3/p+1/b18-17-,21-20-. The number of hydrogen-bond acceptors (Lipinski definition) is 6. The Morgan fingerprint density at radius 1 is 0.574 bits per heavy atom. The molecule has 0 aromatic carbocycles. The molecule has 2 atom stereocenters. The molecule has 0 aromatic rings. The molecule has 0 spiro atoms. The van der Waals surface area contributed by atoms with Gasteiger partial charge in [0.15, 0.2) is 0 Å². The van der Waals surface area contributed by atoms with E-state index in [1.54, 1.807) is 0 Å². The van der Waals surface area contributed by atoms with Crippen LogP contribution in [0.1, 0.15) is 200 Å². The second-order valence-corrected chi connectivity index (χ2v) is 17.9. The highest BCUT2D eigenvalue weighted by atomic mass is 31.2. The molecule has 320 valence electrons. The Bertz CT molecular complexity index is 920. The minimum absolute atomic E-state index is 0.0903. The summed E-state index contributed by atoms with van der Waals surface area (Å²) >= 11 is 0. The number of nitrogens with zero attached hydrogens (tertiary/aromatic N) is 1. The number of allylic oxidation sites excluding steroid dienone is 4. The lowest BCUT2D eigenvalue weighted by molar-refractivity contribution is -0.870. The summed E-state index contributed by atoms with van der Waals surface area (Å²) in [6, 6.07) is 0. The van der Waals surface area contributed by atoms with Gasteiger partial charge in [-0.15, -0.1) is 0 Å². The fraction of sp³-hybridized carbons (Fsp3) is 0.889. The maximum atomic E-state index is 12.6. The summed E-state index contributed by atoms with van der Waals surface area (Å²) in [7, 11) is 1.67. The summed E-state index contributed by atoms with van der Waals surface area (Å²) in [4.78, 5) is 22.7. The first-order chi connectivity index (χ1) is 26.1. The average molecular weight is 787 g/mol. The van der Waals surface area contributed by atoms with Crippen molar-refractivity contribution in [2.75, 3.05) is 54.1 Å². The number of phosphoric acid groups is 1. The van der Waals surface area contributed by atoms with Gasteiger partial charge < -0.3 is 18.9 Å². The van der Waals surface area contributed by atoms with Gasteiger partial charge in [0.2, 0.25) is 0 Å². The zero-order valence-corrected chi connectivity index (χ0v) is 37.1. The molecule has 0 radical (unpaired) electrons. The molecule has 8 nitrogen and oxygen atoms in total. The van der Waals surface area contributed by atoms with Gasteiger partial charge in [0.05, 0.1) is 34.4 Å². The van der Waals surface area contributed by atoms with E-state index in [2.05, 4.69) is 38.2 Å². The van der Waals surface area contributed by atoms with Crippen LogP contribution in [0.4, 0.5) is 0 Å². The lowest BCUT2D eigenvalue weighted by atomic mass is 10.0. The lowest BCUT2D eigenvalue weighted by Gasteiger charge is -2.24. The molecular weight excluding hydrogens is 697 g/mol. The number of unbranched alkanes of at least 4 members (excludes halogenated alkanes) is 24. The molecule has 0 aliphatic heterocycles. The fourth-order valence-corrected chi connectivity index (χ4v) is 6.97. The first-order valence-corrected chi connectivity index (χ1v) is 24.1. The summed E-state index contributed by atoms with van der Waals surface area (Å²) in [6.07, 6.45) is 43.7. The highest BCUT2D eigenvalue weighted by molar-refractivity contribution is 7.47. The maximum absolute atomic E-state index is 12.6. The molecule has 0 fully saturated rings. The Morgan fingerprint density at radius 2 is 1.02 bits per heavy atom. The summed E-state index contributed by atoms with van der Waals surface area (Å²) < 4.78 is 34.9. The van der Waals surface area contributed by atoms with E-state index in [1.807, 2.05) is 21.1 Å². The molecule has 0 aliphatic rings.